The number of hydrogen-bond acceptors (Lipinski definition) is 5. The van der Waals surface area contributed by atoms with Crippen LogP contribution in [-0.2, 0) is 10.2 Å². The molecule has 0 bridgehead atoms. The number of carbonyl (C=O) groups excluding carboxylic acids is 3. The summed E-state index contributed by atoms with van der Waals surface area (Å²) in [6.45, 7) is 0. The number of nitrogens with one attached hydrogen (secondary N) is 1. The molecule has 1 N–H and O–H groups in total. The van der Waals surface area contributed by atoms with E-state index in [4.69, 9.17) is 4.42 Å². The number of halogens is 1. The maximum absolute atomic E-state index is 15.1. The van der Waals surface area contributed by atoms with Crippen molar-refractivity contribution >= 4 is 29.2 Å². The van der Waals surface area contributed by atoms with E-state index in [1.807, 2.05) is 42.5 Å². The number of furan rings is 1. The number of carbonyl (C=O) groups is 3. The third kappa shape index (κ3) is 2.84. The van der Waals surface area contributed by atoms with Gasteiger partial charge in [-0.15, -0.1) is 0 Å². The zero-order valence-corrected chi connectivity index (χ0v) is 20.0. The molecule has 1 saturated heterocycles. The number of Topliss-reactive ketones (excluding diaryl/α,β-unsaturated/α-hetero) is 2. The van der Waals surface area contributed by atoms with E-state index in [0.717, 1.165) is 11.1 Å². The monoisotopic (exact) mass is 504 g/mol. The van der Waals surface area contributed by atoms with Crippen molar-refractivity contribution in [2.45, 2.75) is 17.5 Å². The van der Waals surface area contributed by atoms with Gasteiger partial charge in [0.15, 0.2) is 11.5 Å². The number of ketones is 2. The average molecular weight is 505 g/mol. The van der Waals surface area contributed by atoms with Gasteiger partial charge < -0.3 is 14.6 Å². The standard InChI is InChI=1S/C31H21FN2O4/c32-22-12-5-3-10-20(22)27(35)25-26(28(36)24-14-7-17-38-24)34-16-15-18-8-1-2-9-19(18)29(34)31(25)21-11-4-6-13-23(21)33-30(31)37/h1-17,25-26,29H,(H,33,37)/t25-,26+,29-,31+/m1/s1. The Morgan fingerprint density at radius 3 is 2.47 bits per heavy atom. The molecule has 0 unspecified atom stereocenters. The average Bonchev–Trinajstić information content (AvgIpc) is 3.65. The fraction of sp³-hybridized carbons (Fsp3) is 0.129. The lowest BCUT2D eigenvalue weighted by molar-refractivity contribution is -0.122. The molecule has 3 aromatic carbocycles. The van der Waals surface area contributed by atoms with E-state index < -0.39 is 46.7 Å². The van der Waals surface area contributed by atoms with Gasteiger partial charge in [-0.2, -0.15) is 0 Å². The third-order valence-corrected chi connectivity index (χ3v) is 8.02. The molecule has 1 aromatic heterocycles. The molecule has 0 aliphatic carbocycles. The Bertz CT molecular complexity index is 1660. The highest BCUT2D eigenvalue weighted by Crippen LogP contribution is 2.62. The van der Waals surface area contributed by atoms with Gasteiger partial charge in [-0.05, 0) is 53.1 Å². The van der Waals surface area contributed by atoms with Crippen LogP contribution < -0.4 is 5.32 Å². The minimum Gasteiger partial charge on any atom is -0.461 e. The first-order valence-electron chi connectivity index (χ1n) is 12.4. The molecule has 0 saturated carbocycles. The quantitative estimate of drug-likeness (QED) is 0.377. The number of benzene rings is 3. The number of amides is 1. The molecule has 4 heterocycles. The van der Waals surface area contributed by atoms with Crippen molar-refractivity contribution in [3.05, 3.63) is 131 Å². The molecule has 0 radical (unpaired) electrons. The van der Waals surface area contributed by atoms with Gasteiger partial charge in [0.25, 0.3) is 0 Å². The van der Waals surface area contributed by atoms with Gasteiger partial charge in [-0.1, -0.05) is 54.6 Å². The molecule has 186 valence electrons. The van der Waals surface area contributed by atoms with Crippen LogP contribution in [0, 0.1) is 11.7 Å². The van der Waals surface area contributed by atoms with E-state index in [0.29, 0.717) is 11.3 Å². The van der Waals surface area contributed by atoms with E-state index in [1.54, 1.807) is 35.4 Å². The minimum atomic E-state index is -1.51. The van der Waals surface area contributed by atoms with Gasteiger partial charge in [0, 0.05) is 11.9 Å². The van der Waals surface area contributed by atoms with E-state index >= 15 is 4.39 Å². The Labute approximate surface area is 217 Å². The predicted octanol–water partition coefficient (Wildman–Crippen LogP) is 5.40. The number of rotatable bonds is 4. The number of hydrogen-bond donors (Lipinski definition) is 1. The van der Waals surface area contributed by atoms with Crippen LogP contribution in [0.25, 0.3) is 6.08 Å². The Kier molecular flexibility index (Phi) is 4.79. The number of para-hydroxylation sites is 1. The molecule has 4 aromatic rings. The molecule has 7 rings (SSSR count). The van der Waals surface area contributed by atoms with Crippen molar-refractivity contribution in [2.24, 2.45) is 5.92 Å². The largest absolute Gasteiger partial charge is 0.461 e. The lowest BCUT2D eigenvalue weighted by Crippen LogP contribution is -2.49. The van der Waals surface area contributed by atoms with Crippen LogP contribution in [-0.4, -0.2) is 28.4 Å². The summed E-state index contributed by atoms with van der Waals surface area (Å²) in [7, 11) is 0. The topological polar surface area (TPSA) is 79.6 Å². The lowest BCUT2D eigenvalue weighted by Gasteiger charge is -2.38. The predicted molar refractivity (Wildman–Crippen MR) is 138 cm³/mol. The summed E-state index contributed by atoms with van der Waals surface area (Å²) in [5, 5.41) is 2.97. The summed E-state index contributed by atoms with van der Waals surface area (Å²) in [5.41, 5.74) is 1.19. The third-order valence-electron chi connectivity index (χ3n) is 8.02. The van der Waals surface area contributed by atoms with Crippen LogP contribution in [0.4, 0.5) is 10.1 Å². The van der Waals surface area contributed by atoms with Crippen molar-refractivity contribution in [2.75, 3.05) is 5.32 Å². The summed E-state index contributed by atoms with van der Waals surface area (Å²) >= 11 is 0. The normalized spacial score (nSPS) is 24.6. The molecule has 1 spiro atoms. The van der Waals surface area contributed by atoms with E-state index in [1.165, 1.54) is 30.5 Å². The maximum atomic E-state index is 15.1. The second kappa shape index (κ2) is 8.11. The molecule has 6 nitrogen and oxygen atoms in total. The fourth-order valence-corrected chi connectivity index (χ4v) is 6.56. The summed E-state index contributed by atoms with van der Waals surface area (Å²) in [4.78, 5) is 44.6. The van der Waals surface area contributed by atoms with Crippen LogP contribution in [0.1, 0.15) is 43.6 Å². The van der Waals surface area contributed by atoms with E-state index in [9.17, 15) is 14.4 Å². The SMILES string of the molecule is O=C(c1ccco1)[C@@H]1[C@H](C(=O)c2ccccc2F)[C@]2(C(=O)Nc3ccccc32)[C@H]2c3ccccc3C=CN12. The highest BCUT2D eigenvalue weighted by atomic mass is 19.1. The van der Waals surface area contributed by atoms with Crippen LogP contribution in [0.2, 0.25) is 0 Å². The molecule has 4 atom stereocenters. The van der Waals surface area contributed by atoms with Gasteiger partial charge in [-0.25, -0.2) is 4.39 Å². The Morgan fingerprint density at radius 2 is 1.66 bits per heavy atom. The summed E-state index contributed by atoms with van der Waals surface area (Å²) < 4.78 is 20.6. The zero-order valence-electron chi connectivity index (χ0n) is 20.0. The van der Waals surface area contributed by atoms with Crippen LogP contribution in [0.3, 0.4) is 0 Å². The van der Waals surface area contributed by atoms with Gasteiger partial charge in [-0.3, -0.25) is 14.4 Å². The zero-order chi connectivity index (χ0) is 26.0. The molecule has 3 aliphatic rings. The second-order valence-electron chi connectivity index (χ2n) is 9.77. The van der Waals surface area contributed by atoms with Gasteiger partial charge in [0.05, 0.1) is 23.8 Å². The molecule has 1 fully saturated rings. The molecular formula is C31H21FN2O4. The van der Waals surface area contributed by atoms with Gasteiger partial charge >= 0.3 is 0 Å². The smallest absolute Gasteiger partial charge is 0.238 e. The van der Waals surface area contributed by atoms with Gasteiger partial charge in [0.2, 0.25) is 11.7 Å². The van der Waals surface area contributed by atoms with Crippen molar-refractivity contribution in [3.8, 4) is 0 Å². The number of fused-ring (bicyclic) bond motifs is 6. The summed E-state index contributed by atoms with van der Waals surface area (Å²) in [6.07, 6.45) is 5.03. The highest BCUT2D eigenvalue weighted by molar-refractivity contribution is 6.16. The molecule has 38 heavy (non-hydrogen) atoms. The molecular weight excluding hydrogens is 483 g/mol. The van der Waals surface area contributed by atoms with Crippen LogP contribution in [0.15, 0.2) is 102 Å². The van der Waals surface area contributed by atoms with Crippen molar-refractivity contribution in [1.82, 2.24) is 4.90 Å². The summed E-state index contributed by atoms with van der Waals surface area (Å²) in [5.74, 6) is -3.35. The molecule has 3 aliphatic heterocycles. The number of nitrogens with zero attached hydrogens (tertiary/aromatic N) is 1. The highest BCUT2D eigenvalue weighted by Gasteiger charge is 2.71. The van der Waals surface area contributed by atoms with Gasteiger partial charge in [0.1, 0.15) is 17.3 Å². The molecule has 1 amide bonds. The van der Waals surface area contributed by atoms with E-state index in [-0.39, 0.29) is 11.3 Å². The fourth-order valence-electron chi connectivity index (χ4n) is 6.56. The number of anilines is 1. The first-order valence-corrected chi connectivity index (χ1v) is 12.4. The minimum absolute atomic E-state index is 0.0658. The Morgan fingerprint density at radius 1 is 0.895 bits per heavy atom. The molecule has 7 heteroatoms. The van der Waals surface area contributed by atoms with Crippen LogP contribution >= 0.6 is 0 Å². The lowest BCUT2D eigenvalue weighted by atomic mass is 9.62. The Balaban J connectivity index is 1.56. The maximum Gasteiger partial charge on any atom is 0.238 e. The first-order chi connectivity index (χ1) is 18.5. The summed E-state index contributed by atoms with van der Waals surface area (Å²) in [6, 6.07) is 21.8. The van der Waals surface area contributed by atoms with Crippen LogP contribution in [0.5, 0.6) is 0 Å². The van der Waals surface area contributed by atoms with E-state index in [2.05, 4.69) is 5.32 Å². The van der Waals surface area contributed by atoms with Crippen molar-refractivity contribution in [1.29, 1.82) is 0 Å². The van der Waals surface area contributed by atoms with Crippen molar-refractivity contribution in [3.63, 3.8) is 0 Å². The van der Waals surface area contributed by atoms with Crippen molar-refractivity contribution < 1.29 is 23.2 Å². The second-order valence-corrected chi connectivity index (χ2v) is 9.77. The Hall–Kier alpha value is -4.78. The first kappa shape index (κ1) is 22.4.